The fourth-order valence-corrected chi connectivity index (χ4v) is 2.84. The van der Waals surface area contributed by atoms with Gasteiger partial charge >= 0.3 is 5.97 Å². The van der Waals surface area contributed by atoms with Gasteiger partial charge in [0, 0.05) is 25.0 Å². The Balaban J connectivity index is 2.29. The van der Waals surface area contributed by atoms with Gasteiger partial charge in [-0.2, -0.15) is 5.10 Å². The predicted molar refractivity (Wildman–Crippen MR) is 108 cm³/mol. The van der Waals surface area contributed by atoms with Crippen LogP contribution in [-0.4, -0.2) is 46.3 Å². The minimum absolute atomic E-state index is 0.0339. The van der Waals surface area contributed by atoms with Gasteiger partial charge in [0.05, 0.1) is 5.39 Å². The van der Waals surface area contributed by atoms with E-state index in [0.29, 0.717) is 30.4 Å². The quantitative estimate of drug-likeness (QED) is 0.515. The largest absolute Gasteiger partial charge is 0.451 e. The van der Waals surface area contributed by atoms with Crippen LogP contribution >= 0.6 is 0 Å². The topological polar surface area (TPSA) is 81.5 Å². The van der Waals surface area contributed by atoms with Crippen LogP contribution in [0, 0.1) is 5.92 Å². The molecule has 1 aromatic heterocycles. The van der Waals surface area contributed by atoms with Crippen molar-refractivity contribution in [3.8, 4) is 0 Å². The second-order valence-electron chi connectivity index (χ2n) is 7.22. The Hall–Kier alpha value is -2.96. The fraction of sp³-hybridized carbons (Fsp3) is 0.429. The summed E-state index contributed by atoms with van der Waals surface area (Å²) in [5.74, 6) is -0.857. The molecule has 2 aromatic rings. The van der Waals surface area contributed by atoms with E-state index < -0.39 is 5.97 Å². The lowest BCUT2D eigenvalue weighted by Gasteiger charge is -2.20. The molecule has 0 saturated heterocycles. The van der Waals surface area contributed by atoms with Gasteiger partial charge in [-0.25, -0.2) is 9.48 Å². The highest BCUT2D eigenvalue weighted by molar-refractivity contribution is 6.02. The second kappa shape index (κ2) is 9.30. The first kappa shape index (κ1) is 21.3. The number of amides is 1. The van der Waals surface area contributed by atoms with E-state index in [-0.39, 0.29) is 29.7 Å². The molecule has 7 heteroatoms. The summed E-state index contributed by atoms with van der Waals surface area (Å²) in [6.07, 6.45) is 0. The van der Waals surface area contributed by atoms with E-state index >= 15 is 0 Å². The first-order valence-electron chi connectivity index (χ1n) is 9.33. The molecule has 0 atom stereocenters. The zero-order chi connectivity index (χ0) is 20.8. The first-order valence-corrected chi connectivity index (χ1v) is 9.33. The van der Waals surface area contributed by atoms with Crippen LogP contribution in [0.5, 0.6) is 0 Å². The molecular formula is C21H27N3O4. The van der Waals surface area contributed by atoms with E-state index in [2.05, 4.69) is 11.7 Å². The average Bonchev–Trinajstić information content (AvgIpc) is 2.65. The van der Waals surface area contributed by atoms with Crippen LogP contribution in [0.1, 0.15) is 38.2 Å². The highest BCUT2D eigenvalue weighted by Crippen LogP contribution is 2.15. The van der Waals surface area contributed by atoms with Crippen molar-refractivity contribution in [2.75, 3.05) is 19.7 Å². The van der Waals surface area contributed by atoms with Crippen molar-refractivity contribution < 1.29 is 14.3 Å². The lowest BCUT2D eigenvalue weighted by atomic mass is 10.1. The molecule has 1 heterocycles. The van der Waals surface area contributed by atoms with Gasteiger partial charge in [0.25, 0.3) is 11.5 Å². The van der Waals surface area contributed by atoms with Crippen LogP contribution in [-0.2, 0) is 16.1 Å². The van der Waals surface area contributed by atoms with E-state index in [1.54, 1.807) is 29.2 Å². The van der Waals surface area contributed by atoms with Crippen molar-refractivity contribution in [1.29, 1.82) is 0 Å². The minimum Gasteiger partial charge on any atom is -0.451 e. The van der Waals surface area contributed by atoms with E-state index in [1.165, 1.54) is 4.68 Å². The molecule has 0 fully saturated rings. The number of fused-ring (bicyclic) bond motifs is 1. The second-order valence-corrected chi connectivity index (χ2v) is 7.22. The summed E-state index contributed by atoms with van der Waals surface area (Å²) in [7, 11) is 0. The van der Waals surface area contributed by atoms with Crippen molar-refractivity contribution in [3.63, 3.8) is 0 Å². The number of hydrogen-bond donors (Lipinski definition) is 0. The molecule has 28 heavy (non-hydrogen) atoms. The number of likely N-dealkylation sites (N-methyl/N-ethyl adjacent to an activating group) is 1. The smallest absolute Gasteiger partial charge is 0.359 e. The van der Waals surface area contributed by atoms with Crippen LogP contribution in [0.25, 0.3) is 10.8 Å². The monoisotopic (exact) mass is 385 g/mol. The summed E-state index contributed by atoms with van der Waals surface area (Å²) in [6.45, 7) is 12.3. The van der Waals surface area contributed by atoms with Crippen LogP contribution in [0.3, 0.4) is 0 Å². The third kappa shape index (κ3) is 5.06. The molecule has 1 amide bonds. The zero-order valence-electron chi connectivity index (χ0n) is 16.9. The molecule has 0 aliphatic carbocycles. The molecule has 0 N–H and O–H groups in total. The maximum Gasteiger partial charge on any atom is 0.359 e. The van der Waals surface area contributed by atoms with Gasteiger partial charge in [0.1, 0.15) is 0 Å². The third-order valence-electron chi connectivity index (χ3n) is 4.12. The van der Waals surface area contributed by atoms with E-state index in [0.717, 1.165) is 5.57 Å². The van der Waals surface area contributed by atoms with E-state index in [1.807, 2.05) is 27.7 Å². The van der Waals surface area contributed by atoms with E-state index in [9.17, 15) is 14.4 Å². The van der Waals surface area contributed by atoms with Crippen LogP contribution in [0.2, 0.25) is 0 Å². The highest BCUT2D eigenvalue weighted by atomic mass is 16.5. The normalized spacial score (nSPS) is 10.9. The molecule has 0 aliphatic heterocycles. The summed E-state index contributed by atoms with van der Waals surface area (Å²) in [4.78, 5) is 39.1. The van der Waals surface area contributed by atoms with Gasteiger partial charge in [-0.1, -0.05) is 44.2 Å². The van der Waals surface area contributed by atoms with Crippen LogP contribution in [0.15, 0.2) is 41.2 Å². The molecule has 0 bridgehead atoms. The third-order valence-corrected chi connectivity index (χ3v) is 4.12. The number of rotatable bonds is 8. The van der Waals surface area contributed by atoms with Crippen LogP contribution < -0.4 is 5.56 Å². The molecule has 1 aromatic carbocycles. The number of esters is 1. The lowest BCUT2D eigenvalue weighted by Crippen LogP contribution is -2.36. The maximum atomic E-state index is 12.7. The Kier molecular flexibility index (Phi) is 7.09. The van der Waals surface area contributed by atoms with Gasteiger partial charge in [-0.15, -0.1) is 0 Å². The number of hydrogen-bond acceptors (Lipinski definition) is 5. The summed E-state index contributed by atoms with van der Waals surface area (Å²) in [6, 6.07) is 6.77. The molecule has 0 unspecified atom stereocenters. The summed E-state index contributed by atoms with van der Waals surface area (Å²) in [5, 5.41) is 5.04. The standard InChI is InChI=1S/C21H27N3O4/c1-6-23(11-14(2)3)18(25)13-28-21(27)19-16-9-7-8-10-17(16)20(26)24(22-19)12-15(4)5/h7-10,15H,2,6,11-13H2,1,3-5H3. The molecule has 150 valence electrons. The molecular weight excluding hydrogens is 358 g/mol. The number of carbonyl (C=O) groups is 2. The summed E-state index contributed by atoms with van der Waals surface area (Å²) >= 11 is 0. The Bertz CT molecular complexity index is 946. The van der Waals surface area contributed by atoms with Crippen molar-refractivity contribution in [2.45, 2.75) is 34.2 Å². The Morgan fingerprint density at radius 1 is 1.25 bits per heavy atom. The van der Waals surface area contributed by atoms with Gasteiger partial charge in [-0.05, 0) is 25.8 Å². The van der Waals surface area contributed by atoms with Gasteiger partial charge in [-0.3, -0.25) is 9.59 Å². The molecule has 0 aliphatic rings. The van der Waals surface area contributed by atoms with Crippen molar-refractivity contribution >= 4 is 22.6 Å². The summed E-state index contributed by atoms with van der Waals surface area (Å²) in [5.41, 5.74) is 0.622. The van der Waals surface area contributed by atoms with Gasteiger partial charge in [0.2, 0.25) is 0 Å². The number of carbonyl (C=O) groups excluding carboxylic acids is 2. The summed E-state index contributed by atoms with van der Waals surface area (Å²) < 4.78 is 6.51. The Labute approximate surface area is 164 Å². The van der Waals surface area contributed by atoms with Crippen molar-refractivity contribution in [3.05, 3.63) is 52.5 Å². The number of benzene rings is 1. The van der Waals surface area contributed by atoms with Crippen LogP contribution in [0.4, 0.5) is 0 Å². The minimum atomic E-state index is -0.728. The first-order chi connectivity index (χ1) is 13.2. The zero-order valence-corrected chi connectivity index (χ0v) is 16.9. The molecule has 2 rings (SSSR count). The highest BCUT2D eigenvalue weighted by Gasteiger charge is 2.20. The number of aromatic nitrogens is 2. The number of ether oxygens (including phenoxy) is 1. The van der Waals surface area contributed by atoms with E-state index in [4.69, 9.17) is 4.74 Å². The maximum absolute atomic E-state index is 12.7. The molecule has 0 saturated carbocycles. The predicted octanol–water partition coefficient (Wildman–Crippen LogP) is 2.63. The Morgan fingerprint density at radius 2 is 1.89 bits per heavy atom. The molecule has 0 spiro atoms. The molecule has 0 radical (unpaired) electrons. The lowest BCUT2D eigenvalue weighted by molar-refractivity contribution is -0.133. The Morgan fingerprint density at radius 3 is 2.46 bits per heavy atom. The van der Waals surface area contributed by atoms with Gasteiger partial charge < -0.3 is 9.64 Å². The number of nitrogens with zero attached hydrogens (tertiary/aromatic N) is 3. The van der Waals surface area contributed by atoms with Gasteiger partial charge in [0.15, 0.2) is 12.3 Å². The van der Waals surface area contributed by atoms with Crippen molar-refractivity contribution in [2.24, 2.45) is 5.92 Å². The fourth-order valence-electron chi connectivity index (χ4n) is 2.84. The average molecular weight is 385 g/mol. The SMILES string of the molecule is C=C(C)CN(CC)C(=O)COC(=O)c1nn(CC(C)C)c(=O)c2ccccc12. The van der Waals surface area contributed by atoms with Crippen molar-refractivity contribution in [1.82, 2.24) is 14.7 Å². The molecule has 7 nitrogen and oxygen atoms in total.